The van der Waals surface area contributed by atoms with E-state index in [2.05, 4.69) is 0 Å². The standard InChI is InChI=1S/C17H17Cl2NO2/c1-9(20)16-6-10-5-12(21-2)8-14(17(10)22-16)13-7-11(18)3-4-15(13)19/h3-5,7-9,16H,6,20H2,1-2H3. The second-order valence-corrected chi connectivity index (χ2v) is 6.35. The zero-order chi connectivity index (χ0) is 15.9. The van der Waals surface area contributed by atoms with Crippen molar-refractivity contribution in [2.75, 3.05) is 7.11 Å². The molecule has 2 unspecified atom stereocenters. The molecule has 0 saturated carbocycles. The van der Waals surface area contributed by atoms with Crippen molar-refractivity contribution in [1.82, 2.24) is 0 Å². The van der Waals surface area contributed by atoms with Gasteiger partial charge in [0.25, 0.3) is 0 Å². The summed E-state index contributed by atoms with van der Waals surface area (Å²) < 4.78 is 11.5. The van der Waals surface area contributed by atoms with Crippen LogP contribution in [0.2, 0.25) is 10.0 Å². The van der Waals surface area contributed by atoms with E-state index in [0.717, 1.165) is 34.6 Å². The molecular weight excluding hydrogens is 321 g/mol. The summed E-state index contributed by atoms with van der Waals surface area (Å²) in [6.07, 6.45) is 0.717. The molecule has 116 valence electrons. The van der Waals surface area contributed by atoms with Gasteiger partial charge in [0.05, 0.1) is 7.11 Å². The second-order valence-electron chi connectivity index (χ2n) is 5.51. The van der Waals surface area contributed by atoms with Crippen LogP contribution in [0.15, 0.2) is 30.3 Å². The lowest BCUT2D eigenvalue weighted by atomic mass is 9.99. The fourth-order valence-electron chi connectivity index (χ4n) is 2.68. The molecule has 0 radical (unpaired) electrons. The van der Waals surface area contributed by atoms with Crippen molar-refractivity contribution >= 4 is 23.2 Å². The molecule has 2 N–H and O–H groups in total. The highest BCUT2D eigenvalue weighted by Crippen LogP contribution is 2.44. The average Bonchev–Trinajstić information content (AvgIpc) is 2.93. The Bertz CT molecular complexity index is 716. The topological polar surface area (TPSA) is 44.5 Å². The Labute approximate surface area is 139 Å². The van der Waals surface area contributed by atoms with Crippen LogP contribution in [0.3, 0.4) is 0 Å². The van der Waals surface area contributed by atoms with Crippen LogP contribution in [0, 0.1) is 0 Å². The van der Waals surface area contributed by atoms with E-state index in [1.54, 1.807) is 19.2 Å². The van der Waals surface area contributed by atoms with E-state index >= 15 is 0 Å². The largest absolute Gasteiger partial charge is 0.497 e. The predicted molar refractivity (Wildman–Crippen MR) is 90.2 cm³/mol. The van der Waals surface area contributed by atoms with Gasteiger partial charge < -0.3 is 15.2 Å². The van der Waals surface area contributed by atoms with Crippen LogP contribution in [-0.4, -0.2) is 19.3 Å². The summed E-state index contributed by atoms with van der Waals surface area (Å²) in [5.41, 5.74) is 8.77. The van der Waals surface area contributed by atoms with E-state index < -0.39 is 0 Å². The van der Waals surface area contributed by atoms with Crippen LogP contribution >= 0.6 is 23.2 Å². The molecule has 1 heterocycles. The van der Waals surface area contributed by atoms with Crippen molar-refractivity contribution in [3.63, 3.8) is 0 Å². The van der Waals surface area contributed by atoms with Gasteiger partial charge in [-0.1, -0.05) is 23.2 Å². The lowest BCUT2D eigenvalue weighted by Crippen LogP contribution is -2.34. The number of nitrogens with two attached hydrogens (primary N) is 1. The minimum Gasteiger partial charge on any atom is -0.497 e. The number of halogens is 2. The second kappa shape index (κ2) is 5.99. The minimum atomic E-state index is -0.0546. The maximum atomic E-state index is 6.35. The van der Waals surface area contributed by atoms with Crippen molar-refractivity contribution in [2.45, 2.75) is 25.5 Å². The highest BCUT2D eigenvalue weighted by atomic mass is 35.5. The normalized spacial score (nSPS) is 17.8. The summed E-state index contributed by atoms with van der Waals surface area (Å²) in [6.45, 7) is 1.94. The molecule has 5 heteroatoms. The first-order valence-electron chi connectivity index (χ1n) is 7.08. The van der Waals surface area contributed by atoms with Gasteiger partial charge in [-0.3, -0.25) is 0 Å². The van der Waals surface area contributed by atoms with E-state index in [0.29, 0.717) is 10.0 Å². The van der Waals surface area contributed by atoms with Gasteiger partial charge in [0.2, 0.25) is 0 Å². The highest BCUT2D eigenvalue weighted by molar-refractivity contribution is 6.35. The smallest absolute Gasteiger partial charge is 0.131 e. The zero-order valence-electron chi connectivity index (χ0n) is 12.4. The molecule has 0 fully saturated rings. The average molecular weight is 338 g/mol. The molecule has 0 amide bonds. The summed E-state index contributed by atoms with van der Waals surface area (Å²) in [5, 5.41) is 1.24. The molecule has 3 nitrogen and oxygen atoms in total. The fraction of sp³-hybridized carbons (Fsp3) is 0.294. The lowest BCUT2D eigenvalue weighted by molar-refractivity contribution is 0.207. The van der Waals surface area contributed by atoms with Crippen LogP contribution in [0.1, 0.15) is 12.5 Å². The van der Waals surface area contributed by atoms with Crippen LogP contribution in [0.4, 0.5) is 0 Å². The van der Waals surface area contributed by atoms with Crippen molar-refractivity contribution in [3.8, 4) is 22.6 Å². The molecule has 2 aromatic rings. The van der Waals surface area contributed by atoms with Crippen LogP contribution < -0.4 is 15.2 Å². The molecule has 0 aliphatic carbocycles. The van der Waals surface area contributed by atoms with Gasteiger partial charge in [0, 0.05) is 39.2 Å². The quantitative estimate of drug-likeness (QED) is 0.906. The molecule has 2 atom stereocenters. The van der Waals surface area contributed by atoms with Crippen LogP contribution in [0.5, 0.6) is 11.5 Å². The molecular formula is C17H17Cl2NO2. The molecule has 0 bridgehead atoms. The zero-order valence-corrected chi connectivity index (χ0v) is 13.9. The van der Waals surface area contributed by atoms with Gasteiger partial charge in [-0.05, 0) is 37.3 Å². The van der Waals surface area contributed by atoms with E-state index in [4.69, 9.17) is 38.4 Å². The Morgan fingerprint density at radius 2 is 2.00 bits per heavy atom. The molecule has 1 aliphatic rings. The predicted octanol–water partition coefficient (Wildman–Crippen LogP) is 4.32. The Balaban J connectivity index is 2.16. The minimum absolute atomic E-state index is 0.0428. The maximum absolute atomic E-state index is 6.35. The molecule has 2 aromatic carbocycles. The summed E-state index contributed by atoms with van der Waals surface area (Å²) >= 11 is 12.5. The number of ether oxygens (including phenoxy) is 2. The van der Waals surface area contributed by atoms with Gasteiger partial charge in [-0.15, -0.1) is 0 Å². The van der Waals surface area contributed by atoms with Gasteiger partial charge in [-0.2, -0.15) is 0 Å². The number of fused-ring (bicyclic) bond motifs is 1. The molecule has 0 saturated heterocycles. The highest BCUT2D eigenvalue weighted by Gasteiger charge is 2.29. The van der Waals surface area contributed by atoms with Crippen molar-refractivity contribution in [1.29, 1.82) is 0 Å². The summed E-state index contributed by atoms with van der Waals surface area (Å²) in [4.78, 5) is 0. The number of rotatable bonds is 3. The molecule has 1 aliphatic heterocycles. The van der Waals surface area contributed by atoms with Crippen molar-refractivity contribution in [2.24, 2.45) is 5.73 Å². The Hall–Kier alpha value is -1.42. The van der Waals surface area contributed by atoms with Gasteiger partial charge >= 0.3 is 0 Å². The van der Waals surface area contributed by atoms with Crippen molar-refractivity contribution in [3.05, 3.63) is 45.9 Å². The monoisotopic (exact) mass is 337 g/mol. The number of benzene rings is 2. The fourth-order valence-corrected chi connectivity index (χ4v) is 3.07. The van der Waals surface area contributed by atoms with Crippen LogP contribution in [-0.2, 0) is 6.42 Å². The molecule has 0 aromatic heterocycles. The first-order chi connectivity index (χ1) is 10.5. The Kier molecular flexibility index (Phi) is 4.22. The van der Waals surface area contributed by atoms with E-state index in [1.807, 2.05) is 25.1 Å². The Morgan fingerprint density at radius 1 is 1.23 bits per heavy atom. The first-order valence-corrected chi connectivity index (χ1v) is 7.83. The van der Waals surface area contributed by atoms with Gasteiger partial charge in [0.15, 0.2) is 0 Å². The molecule has 22 heavy (non-hydrogen) atoms. The molecule has 3 rings (SSSR count). The maximum Gasteiger partial charge on any atom is 0.131 e. The van der Waals surface area contributed by atoms with Gasteiger partial charge in [-0.25, -0.2) is 0 Å². The lowest BCUT2D eigenvalue weighted by Gasteiger charge is -2.16. The van der Waals surface area contributed by atoms with Gasteiger partial charge in [0.1, 0.15) is 17.6 Å². The third-order valence-corrected chi connectivity index (χ3v) is 4.44. The number of methoxy groups -OCH3 is 1. The third-order valence-electron chi connectivity index (χ3n) is 3.87. The van der Waals surface area contributed by atoms with E-state index in [1.165, 1.54) is 0 Å². The van der Waals surface area contributed by atoms with Crippen molar-refractivity contribution < 1.29 is 9.47 Å². The SMILES string of the molecule is COc1cc2c(c(-c3cc(Cl)ccc3Cl)c1)OC(C(C)N)C2. The number of hydrogen-bond donors (Lipinski definition) is 1. The first kappa shape index (κ1) is 15.5. The number of hydrogen-bond acceptors (Lipinski definition) is 3. The Morgan fingerprint density at radius 3 is 2.68 bits per heavy atom. The summed E-state index contributed by atoms with van der Waals surface area (Å²) in [5.74, 6) is 1.57. The third kappa shape index (κ3) is 2.76. The van der Waals surface area contributed by atoms with E-state index in [9.17, 15) is 0 Å². The summed E-state index contributed by atoms with van der Waals surface area (Å²) in [6, 6.07) is 9.23. The van der Waals surface area contributed by atoms with Crippen LogP contribution in [0.25, 0.3) is 11.1 Å². The van der Waals surface area contributed by atoms with E-state index in [-0.39, 0.29) is 12.1 Å². The summed E-state index contributed by atoms with van der Waals surface area (Å²) in [7, 11) is 1.64. The molecule has 0 spiro atoms.